The van der Waals surface area contributed by atoms with Crippen molar-refractivity contribution in [1.82, 2.24) is 0 Å². The molecule has 0 fully saturated rings. The van der Waals surface area contributed by atoms with Gasteiger partial charge in [0.2, 0.25) is 0 Å². The highest BCUT2D eigenvalue weighted by molar-refractivity contribution is 5.73. The summed E-state index contributed by atoms with van der Waals surface area (Å²) in [6.07, 6.45) is 18.7. The van der Waals surface area contributed by atoms with Crippen LogP contribution < -0.4 is 4.90 Å². The summed E-state index contributed by atoms with van der Waals surface area (Å²) >= 11 is 0. The van der Waals surface area contributed by atoms with Crippen LogP contribution in [0.1, 0.15) is 87.5 Å². The van der Waals surface area contributed by atoms with Crippen LogP contribution in [0.5, 0.6) is 0 Å². The van der Waals surface area contributed by atoms with Crippen LogP contribution in [-0.2, 0) is 0 Å². The fourth-order valence-corrected chi connectivity index (χ4v) is 4.44. The van der Waals surface area contributed by atoms with E-state index < -0.39 is 0 Å². The Kier molecular flexibility index (Phi) is 12.4. The van der Waals surface area contributed by atoms with Crippen molar-refractivity contribution < 1.29 is 4.92 Å². The minimum absolute atomic E-state index is 0.107. The lowest BCUT2D eigenvalue weighted by molar-refractivity contribution is -0.384. The number of nitro benzene ring substituents is 1. The van der Waals surface area contributed by atoms with E-state index in [0.717, 1.165) is 29.8 Å². The Bertz CT molecular complexity index is 1130. The third-order valence-electron chi connectivity index (χ3n) is 6.80. The van der Waals surface area contributed by atoms with Crippen LogP contribution in [0, 0.1) is 10.1 Å². The van der Waals surface area contributed by atoms with Gasteiger partial charge in [0.15, 0.2) is 0 Å². The second-order valence-corrected chi connectivity index (χ2v) is 9.88. The van der Waals surface area contributed by atoms with Crippen LogP contribution in [0.3, 0.4) is 0 Å². The fraction of sp³-hybridized carbons (Fsp3) is 0.353. The van der Waals surface area contributed by atoms with Gasteiger partial charge in [0.1, 0.15) is 0 Å². The highest BCUT2D eigenvalue weighted by Crippen LogP contribution is 2.20. The summed E-state index contributed by atoms with van der Waals surface area (Å²) in [5.41, 5.74) is 5.81. The molecule has 0 spiro atoms. The maximum Gasteiger partial charge on any atom is 0.269 e. The monoisotopic (exact) mass is 510 g/mol. The second-order valence-electron chi connectivity index (χ2n) is 9.88. The number of nitrogens with zero attached hydrogens (tertiary/aromatic N) is 2. The number of hydrogen-bond acceptors (Lipinski definition) is 3. The summed E-state index contributed by atoms with van der Waals surface area (Å²) in [4.78, 5) is 13.0. The van der Waals surface area contributed by atoms with Crippen LogP contribution in [-0.4, -0.2) is 18.0 Å². The van der Waals surface area contributed by atoms with Crippen LogP contribution >= 0.6 is 0 Å². The first kappa shape index (κ1) is 28.9. The molecule has 0 bridgehead atoms. The smallest absolute Gasteiger partial charge is 0.269 e. The average Bonchev–Trinajstić information content (AvgIpc) is 2.95. The SMILES string of the molecule is CCCCCCN(CCCCCC)c1ccc(C=Cc2ccc(C=Cc3ccc([N+](=O)[O-])cc3)cc2)cc1. The molecular weight excluding hydrogens is 468 g/mol. The van der Waals surface area contributed by atoms with Crippen LogP contribution in [0.25, 0.3) is 24.3 Å². The predicted molar refractivity (Wildman–Crippen MR) is 164 cm³/mol. The van der Waals surface area contributed by atoms with Gasteiger partial charge in [-0.15, -0.1) is 0 Å². The fourth-order valence-electron chi connectivity index (χ4n) is 4.44. The van der Waals surface area contributed by atoms with Gasteiger partial charge in [0.25, 0.3) is 5.69 Å². The molecule has 0 unspecified atom stereocenters. The summed E-state index contributed by atoms with van der Waals surface area (Å²) in [7, 11) is 0. The summed E-state index contributed by atoms with van der Waals surface area (Å²) in [6, 6.07) is 23.9. The Labute approximate surface area is 228 Å². The van der Waals surface area contributed by atoms with E-state index in [1.165, 1.54) is 74.8 Å². The quantitative estimate of drug-likeness (QED) is 0.0833. The summed E-state index contributed by atoms with van der Waals surface area (Å²) in [5.74, 6) is 0. The maximum absolute atomic E-state index is 10.8. The van der Waals surface area contributed by atoms with Gasteiger partial charge < -0.3 is 4.90 Å². The molecule has 200 valence electrons. The predicted octanol–water partition coefficient (Wildman–Crippen LogP) is 9.90. The van der Waals surface area contributed by atoms with Gasteiger partial charge in [-0.05, 0) is 59.4 Å². The van der Waals surface area contributed by atoms with Gasteiger partial charge in [-0.3, -0.25) is 10.1 Å². The van der Waals surface area contributed by atoms with Gasteiger partial charge in [-0.1, -0.05) is 113 Å². The van der Waals surface area contributed by atoms with E-state index >= 15 is 0 Å². The third-order valence-corrected chi connectivity index (χ3v) is 6.80. The van der Waals surface area contributed by atoms with Gasteiger partial charge >= 0.3 is 0 Å². The molecule has 0 saturated heterocycles. The molecule has 3 aromatic rings. The number of unbranched alkanes of at least 4 members (excludes halogenated alkanes) is 6. The first-order valence-electron chi connectivity index (χ1n) is 14.1. The summed E-state index contributed by atoms with van der Waals surface area (Å²) in [6.45, 7) is 6.83. The van der Waals surface area contributed by atoms with Crippen molar-refractivity contribution in [1.29, 1.82) is 0 Å². The molecule has 0 atom stereocenters. The van der Waals surface area contributed by atoms with Crippen molar-refractivity contribution in [2.75, 3.05) is 18.0 Å². The minimum Gasteiger partial charge on any atom is -0.372 e. The van der Waals surface area contributed by atoms with Crippen molar-refractivity contribution in [3.8, 4) is 0 Å². The molecule has 0 aliphatic heterocycles. The van der Waals surface area contributed by atoms with Crippen molar-refractivity contribution in [2.45, 2.75) is 65.2 Å². The first-order chi connectivity index (χ1) is 18.6. The molecule has 0 aliphatic rings. The van der Waals surface area contributed by atoms with E-state index in [1.807, 2.05) is 12.2 Å². The molecule has 0 heterocycles. The molecule has 0 aliphatic carbocycles. The van der Waals surface area contributed by atoms with Crippen LogP contribution in [0.4, 0.5) is 11.4 Å². The van der Waals surface area contributed by atoms with Gasteiger partial charge in [0, 0.05) is 30.9 Å². The molecule has 0 saturated carbocycles. The zero-order valence-electron chi connectivity index (χ0n) is 23.0. The van der Waals surface area contributed by atoms with Gasteiger partial charge in [-0.25, -0.2) is 0 Å². The second kappa shape index (κ2) is 16.2. The number of non-ortho nitro benzene ring substituents is 1. The standard InChI is InChI=1S/C34H42N2O2/c1-3-5-7-9-27-35(28-10-8-6-4-2)33-23-19-31(20-24-33)17-15-29-11-13-30(14-12-29)16-18-32-21-25-34(26-22-32)36(37)38/h11-26H,3-10,27-28H2,1-2H3. The van der Waals surface area contributed by atoms with E-state index in [4.69, 9.17) is 0 Å². The van der Waals surface area contributed by atoms with Gasteiger partial charge in [-0.2, -0.15) is 0 Å². The molecule has 4 nitrogen and oxygen atoms in total. The Morgan fingerprint density at radius 1 is 0.579 bits per heavy atom. The Hall–Kier alpha value is -3.66. The number of hydrogen-bond donors (Lipinski definition) is 0. The summed E-state index contributed by atoms with van der Waals surface area (Å²) in [5, 5.41) is 10.8. The average molecular weight is 511 g/mol. The number of nitro groups is 1. The third kappa shape index (κ3) is 10.0. The normalized spacial score (nSPS) is 11.4. The first-order valence-corrected chi connectivity index (χ1v) is 14.1. The zero-order valence-corrected chi connectivity index (χ0v) is 23.0. The lowest BCUT2D eigenvalue weighted by atomic mass is 10.1. The van der Waals surface area contributed by atoms with E-state index in [2.05, 4.69) is 79.4 Å². The number of rotatable bonds is 16. The van der Waals surface area contributed by atoms with Crippen LogP contribution in [0.2, 0.25) is 0 Å². The Morgan fingerprint density at radius 2 is 0.947 bits per heavy atom. The molecule has 3 rings (SSSR count). The Morgan fingerprint density at radius 3 is 1.32 bits per heavy atom. The zero-order chi connectivity index (χ0) is 27.0. The minimum atomic E-state index is -0.381. The molecular formula is C34H42N2O2. The van der Waals surface area contributed by atoms with Crippen molar-refractivity contribution in [3.05, 3.63) is 105 Å². The van der Waals surface area contributed by atoms with E-state index in [1.54, 1.807) is 12.1 Å². The summed E-state index contributed by atoms with van der Waals surface area (Å²) < 4.78 is 0. The number of anilines is 1. The maximum atomic E-state index is 10.8. The van der Waals surface area contributed by atoms with E-state index in [0.29, 0.717) is 0 Å². The van der Waals surface area contributed by atoms with E-state index in [9.17, 15) is 10.1 Å². The molecule has 0 amide bonds. The molecule has 38 heavy (non-hydrogen) atoms. The molecule has 0 radical (unpaired) electrons. The van der Waals surface area contributed by atoms with Crippen molar-refractivity contribution in [2.24, 2.45) is 0 Å². The van der Waals surface area contributed by atoms with Gasteiger partial charge in [0.05, 0.1) is 4.92 Å². The highest BCUT2D eigenvalue weighted by atomic mass is 16.6. The number of benzene rings is 3. The van der Waals surface area contributed by atoms with E-state index in [-0.39, 0.29) is 10.6 Å². The lowest BCUT2D eigenvalue weighted by Crippen LogP contribution is -2.25. The largest absolute Gasteiger partial charge is 0.372 e. The van der Waals surface area contributed by atoms with Crippen molar-refractivity contribution in [3.63, 3.8) is 0 Å². The van der Waals surface area contributed by atoms with Crippen LogP contribution in [0.15, 0.2) is 72.8 Å². The molecule has 4 heteroatoms. The van der Waals surface area contributed by atoms with Crippen molar-refractivity contribution >= 4 is 35.7 Å². The molecule has 0 aromatic heterocycles. The molecule has 3 aromatic carbocycles. The Balaban J connectivity index is 1.56. The molecule has 0 N–H and O–H groups in total. The topological polar surface area (TPSA) is 46.4 Å². The highest BCUT2D eigenvalue weighted by Gasteiger charge is 2.06. The lowest BCUT2D eigenvalue weighted by Gasteiger charge is -2.25.